The van der Waals surface area contributed by atoms with Crippen molar-refractivity contribution in [3.8, 4) is 0 Å². The van der Waals surface area contributed by atoms with E-state index in [0.717, 1.165) is 12.0 Å². The standard InChI is InChI=1S/C17H22N2O4/c1-12-6-7-13-14(11-12)17(22)19(16(13)21)9-3-5-15(20)18-8-4-10-23-2/h6-7,11H,3-5,8-10H2,1-2H3,(H,18,20). The van der Waals surface area contributed by atoms with Crippen LogP contribution in [-0.2, 0) is 9.53 Å². The molecule has 0 spiro atoms. The third-order valence-corrected chi connectivity index (χ3v) is 3.76. The minimum atomic E-state index is -0.273. The van der Waals surface area contributed by atoms with E-state index in [1.807, 2.05) is 13.0 Å². The van der Waals surface area contributed by atoms with Crippen molar-refractivity contribution in [1.29, 1.82) is 0 Å². The quantitative estimate of drug-likeness (QED) is 0.582. The molecule has 0 atom stereocenters. The third-order valence-electron chi connectivity index (χ3n) is 3.76. The highest BCUT2D eigenvalue weighted by molar-refractivity contribution is 6.21. The first-order valence-electron chi connectivity index (χ1n) is 7.77. The molecule has 1 aliphatic heterocycles. The number of hydrogen-bond acceptors (Lipinski definition) is 4. The van der Waals surface area contributed by atoms with Crippen molar-refractivity contribution in [3.63, 3.8) is 0 Å². The number of ether oxygens (including phenoxy) is 1. The maximum Gasteiger partial charge on any atom is 0.261 e. The Morgan fingerprint density at radius 2 is 1.91 bits per heavy atom. The van der Waals surface area contributed by atoms with Crippen LogP contribution in [0.3, 0.4) is 0 Å². The van der Waals surface area contributed by atoms with E-state index in [-0.39, 0.29) is 24.3 Å². The first-order chi connectivity index (χ1) is 11.0. The molecular formula is C17H22N2O4. The fraction of sp³-hybridized carbons (Fsp3) is 0.471. The van der Waals surface area contributed by atoms with E-state index < -0.39 is 0 Å². The predicted molar refractivity (Wildman–Crippen MR) is 85.3 cm³/mol. The summed E-state index contributed by atoms with van der Waals surface area (Å²) in [6.07, 6.45) is 1.51. The number of hydrogen-bond donors (Lipinski definition) is 1. The topological polar surface area (TPSA) is 75.7 Å². The molecule has 0 aromatic heterocycles. The minimum absolute atomic E-state index is 0.0754. The van der Waals surface area contributed by atoms with E-state index >= 15 is 0 Å². The highest BCUT2D eigenvalue weighted by Crippen LogP contribution is 2.24. The molecule has 1 heterocycles. The largest absolute Gasteiger partial charge is 0.385 e. The second kappa shape index (κ2) is 7.87. The van der Waals surface area contributed by atoms with Crippen LogP contribution in [-0.4, -0.2) is 49.4 Å². The Hall–Kier alpha value is -2.21. The first kappa shape index (κ1) is 17.1. The van der Waals surface area contributed by atoms with Gasteiger partial charge in [-0.05, 0) is 31.9 Å². The number of aryl methyl sites for hydroxylation is 1. The number of methoxy groups -OCH3 is 1. The molecule has 23 heavy (non-hydrogen) atoms. The smallest absolute Gasteiger partial charge is 0.261 e. The molecule has 0 radical (unpaired) electrons. The molecule has 0 saturated carbocycles. The Kier molecular flexibility index (Phi) is 5.87. The fourth-order valence-electron chi connectivity index (χ4n) is 2.54. The van der Waals surface area contributed by atoms with Crippen molar-refractivity contribution >= 4 is 17.7 Å². The van der Waals surface area contributed by atoms with Gasteiger partial charge in [-0.3, -0.25) is 19.3 Å². The Balaban J connectivity index is 1.80. The van der Waals surface area contributed by atoms with Crippen molar-refractivity contribution in [2.24, 2.45) is 0 Å². The Bertz CT molecular complexity index is 613. The van der Waals surface area contributed by atoms with Crippen molar-refractivity contribution in [2.75, 3.05) is 26.8 Å². The number of nitrogens with zero attached hydrogens (tertiary/aromatic N) is 1. The maximum absolute atomic E-state index is 12.3. The molecule has 3 amide bonds. The first-order valence-corrected chi connectivity index (χ1v) is 7.77. The van der Waals surface area contributed by atoms with Crippen LogP contribution in [0.2, 0.25) is 0 Å². The molecule has 0 fully saturated rings. The van der Waals surface area contributed by atoms with Gasteiger partial charge in [0.05, 0.1) is 11.1 Å². The SMILES string of the molecule is COCCCNC(=O)CCCN1C(=O)c2ccc(C)cc2C1=O. The molecule has 1 N–H and O–H groups in total. The van der Waals surface area contributed by atoms with E-state index in [4.69, 9.17) is 4.74 Å². The van der Waals surface area contributed by atoms with Gasteiger partial charge in [0.15, 0.2) is 0 Å². The third kappa shape index (κ3) is 4.16. The van der Waals surface area contributed by atoms with Crippen molar-refractivity contribution in [1.82, 2.24) is 10.2 Å². The second-order valence-electron chi connectivity index (χ2n) is 5.61. The molecule has 6 heteroatoms. The van der Waals surface area contributed by atoms with Gasteiger partial charge < -0.3 is 10.1 Å². The number of amides is 3. The van der Waals surface area contributed by atoms with E-state index in [9.17, 15) is 14.4 Å². The van der Waals surface area contributed by atoms with Crippen LogP contribution >= 0.6 is 0 Å². The molecule has 0 saturated heterocycles. The average molecular weight is 318 g/mol. The summed E-state index contributed by atoms with van der Waals surface area (Å²) in [6, 6.07) is 5.24. The summed E-state index contributed by atoms with van der Waals surface area (Å²) in [7, 11) is 1.62. The Labute approximate surface area is 135 Å². The van der Waals surface area contributed by atoms with E-state index in [1.54, 1.807) is 19.2 Å². The fourth-order valence-corrected chi connectivity index (χ4v) is 2.54. The molecule has 2 rings (SSSR count). The predicted octanol–water partition coefficient (Wildman–Crippen LogP) is 1.52. The van der Waals surface area contributed by atoms with Gasteiger partial charge in [0, 0.05) is 33.2 Å². The number of benzene rings is 1. The van der Waals surface area contributed by atoms with Crippen LogP contribution in [0.5, 0.6) is 0 Å². The zero-order valence-electron chi connectivity index (χ0n) is 13.6. The lowest BCUT2D eigenvalue weighted by molar-refractivity contribution is -0.121. The van der Waals surface area contributed by atoms with Gasteiger partial charge in [0.1, 0.15) is 0 Å². The van der Waals surface area contributed by atoms with E-state index in [1.165, 1.54) is 4.90 Å². The van der Waals surface area contributed by atoms with Crippen LogP contribution in [0.4, 0.5) is 0 Å². The molecular weight excluding hydrogens is 296 g/mol. The number of rotatable bonds is 8. The summed E-state index contributed by atoms with van der Waals surface area (Å²) in [5.74, 6) is -0.617. The normalized spacial score (nSPS) is 13.4. The van der Waals surface area contributed by atoms with Gasteiger partial charge in [0.25, 0.3) is 11.8 Å². The number of imide groups is 1. The van der Waals surface area contributed by atoms with Crippen LogP contribution < -0.4 is 5.32 Å². The molecule has 0 bridgehead atoms. The number of carbonyl (C=O) groups excluding carboxylic acids is 3. The second-order valence-corrected chi connectivity index (χ2v) is 5.61. The Morgan fingerprint density at radius 3 is 2.65 bits per heavy atom. The maximum atomic E-state index is 12.3. The monoisotopic (exact) mass is 318 g/mol. The van der Waals surface area contributed by atoms with Gasteiger partial charge in [-0.25, -0.2) is 0 Å². The van der Waals surface area contributed by atoms with Gasteiger partial charge in [0.2, 0.25) is 5.91 Å². The molecule has 1 aromatic rings. The number of fused-ring (bicyclic) bond motifs is 1. The van der Waals surface area contributed by atoms with E-state index in [0.29, 0.717) is 37.1 Å². The van der Waals surface area contributed by atoms with Gasteiger partial charge >= 0.3 is 0 Å². The van der Waals surface area contributed by atoms with Crippen molar-refractivity contribution < 1.29 is 19.1 Å². The minimum Gasteiger partial charge on any atom is -0.385 e. The summed E-state index contributed by atoms with van der Waals surface area (Å²) in [6.45, 7) is 3.32. The summed E-state index contributed by atoms with van der Waals surface area (Å²) < 4.78 is 4.90. The summed E-state index contributed by atoms with van der Waals surface area (Å²) in [4.78, 5) is 37.4. The average Bonchev–Trinajstić information content (AvgIpc) is 2.76. The van der Waals surface area contributed by atoms with Gasteiger partial charge in [-0.15, -0.1) is 0 Å². The highest BCUT2D eigenvalue weighted by atomic mass is 16.5. The molecule has 0 unspecified atom stereocenters. The van der Waals surface area contributed by atoms with Crippen molar-refractivity contribution in [3.05, 3.63) is 34.9 Å². The van der Waals surface area contributed by atoms with Crippen molar-refractivity contribution in [2.45, 2.75) is 26.2 Å². The Morgan fingerprint density at radius 1 is 1.17 bits per heavy atom. The zero-order valence-corrected chi connectivity index (χ0v) is 13.6. The van der Waals surface area contributed by atoms with Gasteiger partial charge in [-0.2, -0.15) is 0 Å². The lowest BCUT2D eigenvalue weighted by atomic mass is 10.1. The number of carbonyl (C=O) groups is 3. The van der Waals surface area contributed by atoms with Crippen LogP contribution in [0.15, 0.2) is 18.2 Å². The molecule has 6 nitrogen and oxygen atoms in total. The summed E-state index contributed by atoms with van der Waals surface area (Å²) in [5, 5.41) is 2.78. The van der Waals surface area contributed by atoms with Crippen LogP contribution in [0.1, 0.15) is 45.5 Å². The lowest BCUT2D eigenvalue weighted by Gasteiger charge is -2.13. The van der Waals surface area contributed by atoms with E-state index in [2.05, 4.69) is 5.32 Å². The molecule has 1 aromatic carbocycles. The summed E-state index contributed by atoms with van der Waals surface area (Å²) >= 11 is 0. The van der Waals surface area contributed by atoms with Crippen LogP contribution in [0.25, 0.3) is 0 Å². The zero-order chi connectivity index (χ0) is 16.8. The molecule has 0 aliphatic carbocycles. The van der Waals surface area contributed by atoms with Gasteiger partial charge in [-0.1, -0.05) is 11.6 Å². The summed E-state index contributed by atoms with van der Waals surface area (Å²) in [5.41, 5.74) is 1.85. The molecule has 124 valence electrons. The highest BCUT2D eigenvalue weighted by Gasteiger charge is 2.34. The number of nitrogens with one attached hydrogen (secondary N) is 1. The lowest BCUT2D eigenvalue weighted by Crippen LogP contribution is -2.32. The molecule has 1 aliphatic rings. The van der Waals surface area contributed by atoms with Crippen LogP contribution in [0, 0.1) is 6.92 Å².